The van der Waals surface area contributed by atoms with Crippen molar-refractivity contribution in [2.75, 3.05) is 19.6 Å². The Kier molecular flexibility index (Phi) is 3.14. The third-order valence-electron chi connectivity index (χ3n) is 2.66. The molecule has 16 heavy (non-hydrogen) atoms. The summed E-state index contributed by atoms with van der Waals surface area (Å²) >= 11 is 0. The Morgan fingerprint density at radius 1 is 1.50 bits per heavy atom. The molecular formula is C11H16N4O. The van der Waals surface area contributed by atoms with Crippen molar-refractivity contribution in [2.24, 2.45) is 0 Å². The molecule has 1 aromatic rings. The Labute approximate surface area is 94.9 Å². The largest absolute Gasteiger partial charge is 0.334 e. The predicted molar refractivity (Wildman–Crippen MR) is 60.1 cm³/mol. The zero-order valence-electron chi connectivity index (χ0n) is 9.60. The van der Waals surface area contributed by atoms with Crippen molar-refractivity contribution in [1.29, 1.82) is 0 Å². The fraction of sp³-hybridized carbons (Fsp3) is 0.545. The van der Waals surface area contributed by atoms with Gasteiger partial charge in [0.05, 0.1) is 11.9 Å². The Morgan fingerprint density at radius 3 is 2.94 bits per heavy atom. The first-order valence-electron chi connectivity index (χ1n) is 5.48. The zero-order chi connectivity index (χ0) is 11.5. The van der Waals surface area contributed by atoms with E-state index in [9.17, 15) is 4.79 Å². The number of nitrogens with zero attached hydrogens (tertiary/aromatic N) is 3. The van der Waals surface area contributed by atoms with E-state index < -0.39 is 0 Å². The third-order valence-corrected chi connectivity index (χ3v) is 2.66. The van der Waals surface area contributed by atoms with E-state index >= 15 is 0 Å². The fourth-order valence-electron chi connectivity index (χ4n) is 1.78. The minimum Gasteiger partial charge on any atom is -0.334 e. The van der Waals surface area contributed by atoms with Crippen LogP contribution in [-0.2, 0) is 0 Å². The molecular weight excluding hydrogens is 204 g/mol. The molecule has 0 aromatic carbocycles. The smallest absolute Gasteiger partial charge is 0.274 e. The number of amides is 1. The third kappa shape index (κ3) is 2.36. The quantitative estimate of drug-likeness (QED) is 0.735. The van der Waals surface area contributed by atoms with E-state index in [1.165, 1.54) is 0 Å². The number of aryl methyl sites for hydroxylation is 1. The lowest BCUT2D eigenvalue weighted by Crippen LogP contribution is -2.51. The maximum Gasteiger partial charge on any atom is 0.274 e. The molecule has 0 aliphatic carbocycles. The van der Waals surface area contributed by atoms with Gasteiger partial charge in [-0.25, -0.2) is 4.98 Å². The lowest BCUT2D eigenvalue weighted by atomic mass is 10.2. The molecule has 1 fully saturated rings. The summed E-state index contributed by atoms with van der Waals surface area (Å²) in [4.78, 5) is 22.1. The van der Waals surface area contributed by atoms with Crippen molar-refractivity contribution >= 4 is 5.91 Å². The van der Waals surface area contributed by atoms with Gasteiger partial charge in [0.25, 0.3) is 5.91 Å². The van der Waals surface area contributed by atoms with Gasteiger partial charge in [-0.2, -0.15) is 0 Å². The maximum atomic E-state index is 12.1. The molecule has 1 aliphatic rings. The van der Waals surface area contributed by atoms with Gasteiger partial charge in [0.1, 0.15) is 5.69 Å². The Bertz CT molecular complexity index is 376. The first-order chi connectivity index (χ1) is 7.66. The molecule has 86 valence electrons. The molecule has 0 radical (unpaired) electrons. The minimum atomic E-state index is -0.0270. The summed E-state index contributed by atoms with van der Waals surface area (Å²) in [5, 5.41) is 3.30. The van der Waals surface area contributed by atoms with Gasteiger partial charge in [-0.1, -0.05) is 0 Å². The number of rotatable bonds is 1. The van der Waals surface area contributed by atoms with Crippen LogP contribution in [-0.4, -0.2) is 46.5 Å². The zero-order valence-corrected chi connectivity index (χ0v) is 9.60. The molecule has 1 atom stereocenters. The van der Waals surface area contributed by atoms with Gasteiger partial charge in [-0.05, 0) is 13.8 Å². The van der Waals surface area contributed by atoms with Crippen molar-refractivity contribution in [3.05, 3.63) is 23.8 Å². The highest BCUT2D eigenvalue weighted by Crippen LogP contribution is 2.05. The first kappa shape index (κ1) is 11.0. The van der Waals surface area contributed by atoms with Gasteiger partial charge in [-0.3, -0.25) is 9.78 Å². The highest BCUT2D eigenvalue weighted by atomic mass is 16.2. The number of piperazine rings is 1. The summed E-state index contributed by atoms with van der Waals surface area (Å²) in [5.41, 5.74) is 1.25. The second-order valence-electron chi connectivity index (χ2n) is 4.15. The van der Waals surface area contributed by atoms with Gasteiger partial charge < -0.3 is 10.2 Å². The summed E-state index contributed by atoms with van der Waals surface area (Å²) in [5.74, 6) is -0.0270. The molecule has 0 spiro atoms. The molecule has 1 amide bonds. The number of hydrogen-bond acceptors (Lipinski definition) is 4. The Hall–Kier alpha value is -1.49. The summed E-state index contributed by atoms with van der Waals surface area (Å²) in [6, 6.07) is 0.344. The van der Waals surface area contributed by atoms with Crippen LogP contribution < -0.4 is 5.32 Å². The second kappa shape index (κ2) is 4.57. The molecule has 2 heterocycles. The molecule has 1 unspecified atom stereocenters. The monoisotopic (exact) mass is 220 g/mol. The molecule has 1 aromatic heterocycles. The van der Waals surface area contributed by atoms with Crippen molar-refractivity contribution in [1.82, 2.24) is 20.2 Å². The molecule has 5 nitrogen and oxygen atoms in total. The van der Waals surface area contributed by atoms with Crippen LogP contribution >= 0.6 is 0 Å². The van der Waals surface area contributed by atoms with E-state index in [-0.39, 0.29) is 5.91 Å². The molecule has 0 bridgehead atoms. The average Bonchev–Trinajstić information content (AvgIpc) is 2.29. The molecule has 2 rings (SSSR count). The summed E-state index contributed by atoms with van der Waals surface area (Å²) < 4.78 is 0. The summed E-state index contributed by atoms with van der Waals surface area (Å²) in [6.45, 7) is 6.23. The number of hydrogen-bond donors (Lipinski definition) is 1. The lowest BCUT2D eigenvalue weighted by Gasteiger charge is -2.31. The van der Waals surface area contributed by atoms with Crippen molar-refractivity contribution in [2.45, 2.75) is 19.9 Å². The van der Waals surface area contributed by atoms with Crippen molar-refractivity contribution in [3.8, 4) is 0 Å². The van der Waals surface area contributed by atoms with E-state index in [4.69, 9.17) is 0 Å². The normalized spacial score (nSPS) is 20.9. The van der Waals surface area contributed by atoms with Crippen LogP contribution in [0.3, 0.4) is 0 Å². The minimum absolute atomic E-state index is 0.0270. The van der Waals surface area contributed by atoms with Gasteiger partial charge in [0.2, 0.25) is 0 Å². The van der Waals surface area contributed by atoms with Crippen LogP contribution in [0.2, 0.25) is 0 Å². The summed E-state index contributed by atoms with van der Waals surface area (Å²) in [6.07, 6.45) is 3.17. The number of aromatic nitrogens is 2. The highest BCUT2D eigenvalue weighted by molar-refractivity contribution is 5.92. The van der Waals surface area contributed by atoms with Gasteiger partial charge in [0, 0.05) is 31.9 Å². The van der Waals surface area contributed by atoms with E-state index in [1.807, 2.05) is 11.8 Å². The van der Waals surface area contributed by atoms with Crippen LogP contribution in [0.25, 0.3) is 0 Å². The standard InChI is InChI=1S/C11H16N4O/c1-8-5-14-10(6-13-8)11(16)15-4-3-12-9(2)7-15/h5-6,9,12H,3-4,7H2,1-2H3. The van der Waals surface area contributed by atoms with Gasteiger partial charge >= 0.3 is 0 Å². The second-order valence-corrected chi connectivity index (χ2v) is 4.15. The number of carbonyl (C=O) groups excluding carboxylic acids is 1. The van der Waals surface area contributed by atoms with Crippen LogP contribution in [0, 0.1) is 6.92 Å². The fourth-order valence-corrected chi connectivity index (χ4v) is 1.78. The SMILES string of the molecule is Cc1cnc(C(=O)N2CCNC(C)C2)cn1. The van der Waals surface area contributed by atoms with Crippen LogP contribution in [0.15, 0.2) is 12.4 Å². The molecule has 1 aliphatic heterocycles. The van der Waals surface area contributed by atoms with Gasteiger partial charge in [0.15, 0.2) is 0 Å². The lowest BCUT2D eigenvalue weighted by molar-refractivity contribution is 0.0702. The van der Waals surface area contributed by atoms with E-state index in [2.05, 4.69) is 22.2 Å². The average molecular weight is 220 g/mol. The van der Waals surface area contributed by atoms with Crippen LogP contribution in [0.4, 0.5) is 0 Å². The van der Waals surface area contributed by atoms with Crippen LogP contribution in [0.1, 0.15) is 23.1 Å². The molecule has 1 saturated heterocycles. The Balaban J connectivity index is 2.09. The highest BCUT2D eigenvalue weighted by Gasteiger charge is 2.22. The van der Waals surface area contributed by atoms with E-state index in [1.54, 1.807) is 12.4 Å². The molecule has 5 heteroatoms. The predicted octanol–water partition coefficient (Wildman–Crippen LogP) is 0.219. The van der Waals surface area contributed by atoms with Crippen molar-refractivity contribution < 1.29 is 4.79 Å². The van der Waals surface area contributed by atoms with E-state index in [0.717, 1.165) is 25.3 Å². The Morgan fingerprint density at radius 2 is 2.31 bits per heavy atom. The van der Waals surface area contributed by atoms with E-state index in [0.29, 0.717) is 11.7 Å². The topological polar surface area (TPSA) is 58.1 Å². The maximum absolute atomic E-state index is 12.1. The molecule has 0 saturated carbocycles. The van der Waals surface area contributed by atoms with Crippen LogP contribution in [0.5, 0.6) is 0 Å². The first-order valence-corrected chi connectivity index (χ1v) is 5.48. The summed E-state index contributed by atoms with van der Waals surface area (Å²) in [7, 11) is 0. The number of nitrogens with one attached hydrogen (secondary N) is 1. The number of carbonyl (C=O) groups is 1. The van der Waals surface area contributed by atoms with Crippen molar-refractivity contribution in [3.63, 3.8) is 0 Å². The van der Waals surface area contributed by atoms with Gasteiger partial charge in [-0.15, -0.1) is 0 Å². The molecule has 1 N–H and O–H groups in total.